The second-order valence-electron chi connectivity index (χ2n) is 19.1. The van der Waals surface area contributed by atoms with Crippen LogP contribution in [0.15, 0.2) is 106 Å². The average molecular weight is 1150 g/mol. The zero-order valence-electron chi connectivity index (χ0n) is 42.1. The molecule has 0 saturated carbocycles. The number of rotatable bonds is 28. The normalized spacial score (nSPS) is 11.7. The second kappa shape index (κ2) is 26.7. The molecule has 8 aromatic heterocycles. The minimum absolute atomic E-state index is 1.13. The third-order valence-electron chi connectivity index (χ3n) is 13.6. The van der Waals surface area contributed by atoms with Crippen molar-refractivity contribution in [1.82, 2.24) is 0 Å². The van der Waals surface area contributed by atoms with Crippen molar-refractivity contribution < 1.29 is 0 Å². The lowest BCUT2D eigenvalue weighted by Gasteiger charge is -2.04. The van der Waals surface area contributed by atoms with Gasteiger partial charge in [0.25, 0.3) is 0 Å². The van der Waals surface area contributed by atoms with E-state index in [9.17, 15) is 0 Å². The van der Waals surface area contributed by atoms with Crippen molar-refractivity contribution in [3.63, 3.8) is 0 Å². The van der Waals surface area contributed by atoms with Crippen molar-refractivity contribution in [1.29, 1.82) is 0 Å². The minimum Gasteiger partial charge on any atom is -0.143 e. The van der Waals surface area contributed by atoms with E-state index in [1.54, 1.807) is 0 Å². The predicted octanol–water partition coefficient (Wildman–Crippen LogP) is 24.8. The molecule has 0 aliphatic heterocycles. The molecule has 0 saturated heterocycles. The molecule has 0 N–H and O–H groups in total. The summed E-state index contributed by atoms with van der Waals surface area (Å²) >= 11 is 19.7. The maximum absolute atomic E-state index is 4.02. The Labute approximate surface area is 466 Å². The summed E-state index contributed by atoms with van der Waals surface area (Å²) in [5.74, 6) is 0. The van der Waals surface area contributed by atoms with E-state index < -0.39 is 0 Å². The van der Waals surface area contributed by atoms with Crippen LogP contribution < -0.4 is 0 Å². The van der Waals surface area contributed by atoms with E-state index in [2.05, 4.69) is 145 Å². The Balaban J connectivity index is 0.980. The number of thiophene rings is 8. The Kier molecular flexibility index (Phi) is 20.0. The van der Waals surface area contributed by atoms with Gasteiger partial charge in [-0.2, -0.15) is 0 Å². The summed E-state index contributed by atoms with van der Waals surface area (Å²) in [5, 5.41) is 4.58. The molecule has 372 valence electrons. The van der Waals surface area contributed by atoms with Gasteiger partial charge in [0, 0.05) is 72.8 Å². The van der Waals surface area contributed by atoms with Gasteiger partial charge < -0.3 is 0 Å². The van der Waals surface area contributed by atoms with Crippen LogP contribution in [-0.4, -0.2) is 0 Å². The van der Waals surface area contributed by atoms with E-state index in [0.717, 1.165) is 17.3 Å². The number of unbranched alkanes of at least 4 members (excludes halogenated alkanes) is 12. The molecule has 0 nitrogen and oxygen atoms in total. The second-order valence-corrected chi connectivity index (χ2v) is 28.3. The van der Waals surface area contributed by atoms with Crippen molar-refractivity contribution in [3.05, 3.63) is 128 Å². The fraction of sp³-hybridized carbons (Fsp3) is 0.387. The zero-order chi connectivity index (χ0) is 48.9. The van der Waals surface area contributed by atoms with Crippen LogP contribution in [0.4, 0.5) is 0 Å². The van der Waals surface area contributed by atoms with Crippen molar-refractivity contribution >= 4 is 107 Å². The first kappa shape index (κ1) is 53.1. The van der Waals surface area contributed by atoms with E-state index in [-0.39, 0.29) is 0 Å². The molecule has 9 rings (SSSR count). The van der Waals surface area contributed by atoms with Gasteiger partial charge in [-0.1, -0.05) is 121 Å². The molecule has 1 aromatic carbocycles. The highest BCUT2D eigenvalue weighted by Crippen LogP contribution is 2.50. The molecule has 0 amide bonds. The summed E-state index contributed by atoms with van der Waals surface area (Å²) in [6, 6.07) is 36.0. The van der Waals surface area contributed by atoms with E-state index >= 15 is 0 Å². The molecule has 9 aromatic rings. The summed E-state index contributed by atoms with van der Waals surface area (Å²) in [4.78, 5) is 19.8. The summed E-state index contributed by atoms with van der Waals surface area (Å²) in [6.45, 7) is 9.23. The summed E-state index contributed by atoms with van der Waals surface area (Å²) in [7, 11) is 0. The molecular formula is C62H69BrS8. The smallest absolute Gasteiger partial charge is 0.0481 e. The monoisotopic (exact) mass is 1150 g/mol. The highest BCUT2D eigenvalue weighted by molar-refractivity contribution is 9.10. The Hall–Kier alpha value is -2.70. The van der Waals surface area contributed by atoms with Gasteiger partial charge in [-0.25, -0.2) is 0 Å². The molecule has 0 bridgehead atoms. The fourth-order valence-electron chi connectivity index (χ4n) is 9.64. The van der Waals surface area contributed by atoms with Gasteiger partial charge in [-0.05, 0) is 187 Å². The Morgan fingerprint density at radius 2 is 0.620 bits per heavy atom. The van der Waals surface area contributed by atoms with Gasteiger partial charge in [0.2, 0.25) is 0 Å². The van der Waals surface area contributed by atoms with Crippen molar-refractivity contribution in [2.45, 2.75) is 156 Å². The Bertz CT molecular complexity index is 2840. The van der Waals surface area contributed by atoms with Gasteiger partial charge in [0.1, 0.15) is 0 Å². The highest BCUT2D eigenvalue weighted by Gasteiger charge is 2.21. The Morgan fingerprint density at radius 3 is 0.972 bits per heavy atom. The van der Waals surface area contributed by atoms with Crippen LogP contribution in [0, 0.1) is 0 Å². The molecular weight excluding hydrogens is 1080 g/mol. The fourth-order valence-corrected chi connectivity index (χ4v) is 19.3. The van der Waals surface area contributed by atoms with Crippen molar-refractivity contribution in [3.8, 4) is 79.4 Å². The molecule has 9 heteroatoms. The molecule has 71 heavy (non-hydrogen) atoms. The van der Waals surface area contributed by atoms with Gasteiger partial charge >= 0.3 is 0 Å². The highest BCUT2D eigenvalue weighted by atomic mass is 79.9. The molecule has 0 radical (unpaired) electrons. The molecule has 0 fully saturated rings. The zero-order valence-corrected chi connectivity index (χ0v) is 50.2. The molecule has 0 aliphatic carbocycles. The van der Waals surface area contributed by atoms with Crippen molar-refractivity contribution in [2.24, 2.45) is 0 Å². The Morgan fingerprint density at radius 1 is 0.296 bits per heavy atom. The number of halogens is 1. The van der Waals surface area contributed by atoms with Gasteiger partial charge in [-0.3, -0.25) is 0 Å². The van der Waals surface area contributed by atoms with Crippen LogP contribution in [0.5, 0.6) is 0 Å². The van der Waals surface area contributed by atoms with Crippen LogP contribution in [0.25, 0.3) is 79.4 Å². The standard InChI is InChI=1S/C62H69BrS8/c1-5-9-13-17-21-42-33-35-64-59(42)53-29-25-49(66-53)51-27-31-55(68-51)61-44(23-19-15-11-7-3)40-57(70-61)46-37-47(39-48(63)38-46)58-41-45(24-20-16-12-8-4)62(71-58)56-32-28-52(69-56)50-26-30-54(67-50)60-43(34-36-65-60)22-18-14-10-6-2/h25-41H,5-24H2,1-4H3. The predicted molar refractivity (Wildman–Crippen MR) is 332 cm³/mol. The molecule has 8 heterocycles. The third kappa shape index (κ3) is 13.6. The topological polar surface area (TPSA) is 0 Å². The van der Waals surface area contributed by atoms with E-state index in [0.29, 0.717) is 0 Å². The first-order valence-electron chi connectivity index (χ1n) is 26.5. The lowest BCUT2D eigenvalue weighted by Crippen LogP contribution is -1.85. The minimum atomic E-state index is 1.13. The third-order valence-corrected chi connectivity index (χ3v) is 23.9. The largest absolute Gasteiger partial charge is 0.143 e. The number of benzene rings is 1. The summed E-state index contributed by atoms with van der Waals surface area (Å²) in [5.41, 5.74) is 8.68. The number of hydrogen-bond donors (Lipinski definition) is 0. The molecule has 0 spiro atoms. The lowest BCUT2D eigenvalue weighted by atomic mass is 10.0. The van der Waals surface area contributed by atoms with Gasteiger partial charge in [0.15, 0.2) is 0 Å². The van der Waals surface area contributed by atoms with E-state index in [1.165, 1.54) is 217 Å². The maximum Gasteiger partial charge on any atom is 0.0481 e. The van der Waals surface area contributed by atoms with Crippen LogP contribution in [0.2, 0.25) is 0 Å². The SMILES string of the molecule is CCCCCCc1ccsc1-c1ccc(-c2ccc(-c3sc(-c4cc(Br)cc(-c5cc(CCCCCC)c(-c6ccc(-c7ccc(-c8sccc8CCCCCC)s7)s6)s5)c4)cc3CCCCCC)s2)s1. The molecule has 0 atom stereocenters. The lowest BCUT2D eigenvalue weighted by molar-refractivity contribution is 0.668. The molecule has 0 unspecified atom stereocenters. The number of aryl methyl sites for hydroxylation is 4. The van der Waals surface area contributed by atoms with Crippen LogP contribution >= 0.6 is 107 Å². The molecule has 0 aliphatic rings. The first-order chi connectivity index (χ1) is 34.9. The van der Waals surface area contributed by atoms with Crippen LogP contribution in [-0.2, 0) is 25.7 Å². The first-order valence-corrected chi connectivity index (χ1v) is 34.0. The van der Waals surface area contributed by atoms with E-state index in [4.69, 9.17) is 0 Å². The number of hydrogen-bond acceptors (Lipinski definition) is 8. The van der Waals surface area contributed by atoms with E-state index in [1.807, 2.05) is 90.7 Å². The summed E-state index contributed by atoms with van der Waals surface area (Å²) < 4.78 is 1.15. The van der Waals surface area contributed by atoms with Crippen LogP contribution in [0.3, 0.4) is 0 Å². The maximum atomic E-state index is 4.02. The van der Waals surface area contributed by atoms with Gasteiger partial charge in [-0.15, -0.1) is 90.7 Å². The van der Waals surface area contributed by atoms with Crippen molar-refractivity contribution in [2.75, 3.05) is 0 Å². The average Bonchev–Trinajstić information content (AvgIpc) is 4.23. The van der Waals surface area contributed by atoms with Gasteiger partial charge in [0.05, 0.1) is 0 Å². The quantitative estimate of drug-likeness (QED) is 0.0429. The summed E-state index contributed by atoms with van der Waals surface area (Å²) in [6.07, 6.45) is 25.3. The van der Waals surface area contributed by atoms with Crippen LogP contribution in [0.1, 0.15) is 153 Å².